The van der Waals surface area contributed by atoms with E-state index >= 15 is 0 Å². The van der Waals surface area contributed by atoms with Gasteiger partial charge in [0.25, 0.3) is 0 Å². The van der Waals surface area contributed by atoms with E-state index in [4.69, 9.17) is 0 Å². The van der Waals surface area contributed by atoms with Crippen LogP contribution in [0.5, 0.6) is 0 Å². The molecule has 0 aromatic rings. The first-order valence-corrected chi connectivity index (χ1v) is 7.26. The van der Waals surface area contributed by atoms with E-state index in [2.05, 4.69) is 27.5 Å². The molecule has 1 aliphatic rings. The Hall–Kier alpha value is -0.930. The second-order valence-corrected chi connectivity index (χ2v) is 6.99. The number of nitrogens with one attached hydrogen (secondary N) is 1. The average Bonchev–Trinajstić information content (AvgIpc) is 2.33. The van der Waals surface area contributed by atoms with Crippen LogP contribution in [-0.4, -0.2) is 30.1 Å². The van der Waals surface area contributed by atoms with Crippen molar-refractivity contribution in [1.82, 2.24) is 10.3 Å². The summed E-state index contributed by atoms with van der Waals surface area (Å²) in [6.07, 6.45) is 2.29. The summed E-state index contributed by atoms with van der Waals surface area (Å²) in [4.78, 5) is 32.7. The monoisotopic (exact) mass is 397 g/mol. The molecule has 8 heteroatoms. The van der Waals surface area contributed by atoms with Crippen LogP contribution < -0.4 is 5.32 Å². The Morgan fingerprint density at radius 3 is 2.65 bits per heavy atom. The number of rotatable bonds is 5. The molecule has 2 unspecified atom stereocenters. The van der Waals surface area contributed by atoms with Gasteiger partial charge < -0.3 is 8.38 Å². The maximum absolute atomic E-state index is 11.4. The highest BCUT2D eigenvalue weighted by Crippen LogP contribution is 2.46. The van der Waals surface area contributed by atoms with Crippen molar-refractivity contribution in [3.63, 3.8) is 0 Å². The van der Waals surface area contributed by atoms with Gasteiger partial charge >= 0.3 is 6.09 Å². The number of carbonyl (C=O) groups excluding carboxylic acids is 2. The van der Waals surface area contributed by atoms with E-state index in [0.717, 1.165) is 17.9 Å². The predicted molar refractivity (Wildman–Crippen MR) is 81.7 cm³/mol. The smallest absolute Gasteiger partial charge is 0.378 e. The van der Waals surface area contributed by atoms with E-state index in [9.17, 15) is 14.5 Å². The fourth-order valence-corrected chi connectivity index (χ4v) is 3.65. The third-order valence-corrected chi connectivity index (χ3v) is 4.01. The molecule has 0 aromatic carbocycles. The number of carbonyl (C=O) groups is 2. The first-order valence-electron chi connectivity index (χ1n) is 6.38. The molecule has 0 heterocycles. The number of hydrogen-bond donors (Lipinski definition) is 1. The highest BCUT2D eigenvalue weighted by molar-refractivity contribution is 14.1. The second kappa shape index (κ2) is 6.68. The van der Waals surface area contributed by atoms with Crippen molar-refractivity contribution in [3.05, 3.63) is 4.91 Å². The second-order valence-electron chi connectivity index (χ2n) is 6.55. The Morgan fingerprint density at radius 2 is 2.15 bits per heavy atom. The summed E-state index contributed by atoms with van der Waals surface area (Å²) in [7, 11) is 0. The minimum Gasteiger partial charge on any atom is -0.378 e. The summed E-state index contributed by atoms with van der Waals surface area (Å²) < 4.78 is 4.60. The molecule has 114 valence electrons. The van der Waals surface area contributed by atoms with Crippen LogP contribution in [0.3, 0.4) is 0 Å². The van der Waals surface area contributed by atoms with Crippen LogP contribution in [0, 0.1) is 15.7 Å². The lowest BCUT2D eigenvalue weighted by atomic mass is 9.62. The summed E-state index contributed by atoms with van der Waals surface area (Å²) in [5, 5.41) is 6.37. The predicted octanol–water partition coefficient (Wildman–Crippen LogP) is 2.79. The summed E-state index contributed by atoms with van der Waals surface area (Å²) in [5.41, 5.74) is -0.284. The molecule has 0 spiro atoms. The molecule has 1 rings (SSSR count). The molecule has 7 nitrogen and oxygen atoms in total. The van der Waals surface area contributed by atoms with E-state index in [0.29, 0.717) is 12.8 Å². The Bertz CT molecular complexity index is 383. The van der Waals surface area contributed by atoms with Gasteiger partial charge in [-0.15, -0.1) is 4.91 Å². The van der Waals surface area contributed by atoms with E-state index in [1.165, 1.54) is 23.0 Å². The van der Waals surface area contributed by atoms with Gasteiger partial charge in [-0.25, -0.2) is 4.79 Å². The van der Waals surface area contributed by atoms with Crippen LogP contribution in [-0.2, 0) is 7.86 Å². The van der Waals surface area contributed by atoms with Gasteiger partial charge in [-0.1, -0.05) is 20.8 Å². The standard InChI is InChI=1S/C12H20IN3O4/c1-11(2)4-9(14-10(18)20-13)5-12(3,6-11)7-16(8-17)15-19/h8-9H,4-7H2,1-3H3,(H,14,18). The summed E-state index contributed by atoms with van der Waals surface area (Å²) in [6.45, 7) is 6.46. The molecule has 0 aliphatic heterocycles. The largest absolute Gasteiger partial charge is 0.416 e. The minimum absolute atomic E-state index is 0.00629. The fourth-order valence-electron chi connectivity index (χ4n) is 3.52. The van der Waals surface area contributed by atoms with Gasteiger partial charge in [0.15, 0.2) is 23.0 Å². The molecule has 0 aromatic heterocycles. The normalized spacial score (nSPS) is 28.3. The quantitative estimate of drug-likeness (QED) is 0.335. The molecular formula is C12H20IN3O4. The minimum atomic E-state index is -0.476. The number of nitrogens with zero attached hydrogens (tertiary/aromatic N) is 2. The molecule has 1 saturated carbocycles. The molecule has 1 aliphatic carbocycles. The third kappa shape index (κ3) is 4.88. The first-order chi connectivity index (χ1) is 9.23. The number of nitroso groups, excluding NO2 is 1. The Morgan fingerprint density at radius 1 is 1.50 bits per heavy atom. The molecule has 0 radical (unpaired) electrons. The lowest BCUT2D eigenvalue weighted by Gasteiger charge is -2.46. The maximum atomic E-state index is 11.4. The highest BCUT2D eigenvalue weighted by Gasteiger charge is 2.43. The molecule has 0 saturated heterocycles. The van der Waals surface area contributed by atoms with Gasteiger partial charge in [-0.2, -0.15) is 5.01 Å². The molecule has 2 atom stereocenters. The number of halogens is 1. The van der Waals surface area contributed by atoms with Crippen molar-refractivity contribution in [2.45, 2.75) is 46.1 Å². The third-order valence-electron chi connectivity index (χ3n) is 3.61. The summed E-state index contributed by atoms with van der Waals surface area (Å²) >= 11 is 1.54. The molecular weight excluding hydrogens is 377 g/mol. The van der Waals surface area contributed by atoms with Crippen LogP contribution in [0.1, 0.15) is 40.0 Å². The number of hydrogen-bond acceptors (Lipinski definition) is 5. The fraction of sp³-hybridized carbons (Fsp3) is 0.833. The zero-order valence-electron chi connectivity index (χ0n) is 11.9. The first kappa shape index (κ1) is 17.1. The van der Waals surface area contributed by atoms with Crippen molar-refractivity contribution in [1.29, 1.82) is 0 Å². The Balaban J connectivity index is 2.82. The lowest BCUT2D eigenvalue weighted by molar-refractivity contribution is -0.120. The zero-order valence-corrected chi connectivity index (χ0v) is 14.0. The lowest BCUT2D eigenvalue weighted by Crippen LogP contribution is -2.49. The maximum Gasteiger partial charge on any atom is 0.416 e. The van der Waals surface area contributed by atoms with Gasteiger partial charge in [0, 0.05) is 6.04 Å². The van der Waals surface area contributed by atoms with Crippen molar-refractivity contribution >= 4 is 35.5 Å². The van der Waals surface area contributed by atoms with E-state index in [1.54, 1.807) is 0 Å². The van der Waals surface area contributed by atoms with Gasteiger partial charge in [-0.3, -0.25) is 4.79 Å². The SMILES string of the molecule is CC1(C)CC(NC(=O)OI)CC(C)(CN(C=O)N=O)C1. The van der Waals surface area contributed by atoms with Crippen molar-refractivity contribution in [2.24, 2.45) is 16.1 Å². The van der Waals surface area contributed by atoms with Crippen molar-refractivity contribution in [2.75, 3.05) is 6.54 Å². The summed E-state index contributed by atoms with van der Waals surface area (Å²) in [6, 6.07) is -0.0498. The topological polar surface area (TPSA) is 88.1 Å². The van der Waals surface area contributed by atoms with Gasteiger partial charge in [0.1, 0.15) is 0 Å². The average molecular weight is 397 g/mol. The molecule has 0 bridgehead atoms. The van der Waals surface area contributed by atoms with Crippen LogP contribution >= 0.6 is 23.0 Å². The Kier molecular flexibility index (Phi) is 5.72. The van der Waals surface area contributed by atoms with Gasteiger partial charge in [-0.05, 0) is 30.1 Å². The molecule has 1 fully saturated rings. The number of amides is 2. The van der Waals surface area contributed by atoms with E-state index in [1.807, 2.05) is 6.92 Å². The molecule has 20 heavy (non-hydrogen) atoms. The van der Waals surface area contributed by atoms with E-state index in [-0.39, 0.29) is 23.4 Å². The zero-order chi connectivity index (χ0) is 15.4. The van der Waals surface area contributed by atoms with Crippen LogP contribution in [0.4, 0.5) is 4.79 Å². The van der Waals surface area contributed by atoms with Crippen LogP contribution in [0.2, 0.25) is 0 Å². The van der Waals surface area contributed by atoms with Gasteiger partial charge in [0.05, 0.1) is 11.8 Å². The van der Waals surface area contributed by atoms with Crippen molar-refractivity contribution in [3.8, 4) is 0 Å². The van der Waals surface area contributed by atoms with Crippen LogP contribution in [0.25, 0.3) is 0 Å². The van der Waals surface area contributed by atoms with Crippen molar-refractivity contribution < 1.29 is 12.7 Å². The summed E-state index contributed by atoms with van der Waals surface area (Å²) in [5.74, 6) is 0. The van der Waals surface area contributed by atoms with Gasteiger partial charge in [0.2, 0.25) is 6.41 Å². The Labute approximate surface area is 132 Å². The molecule has 2 amide bonds. The van der Waals surface area contributed by atoms with Crippen LogP contribution in [0.15, 0.2) is 5.29 Å². The van der Waals surface area contributed by atoms with E-state index < -0.39 is 6.09 Å². The highest BCUT2D eigenvalue weighted by atomic mass is 127. The molecule has 1 N–H and O–H groups in total.